The summed E-state index contributed by atoms with van der Waals surface area (Å²) in [7, 11) is 0. The number of hydrogen-bond acceptors (Lipinski definition) is 3. The van der Waals surface area contributed by atoms with Gasteiger partial charge in [0.15, 0.2) is 5.89 Å². The summed E-state index contributed by atoms with van der Waals surface area (Å²) < 4.78 is 5.39. The van der Waals surface area contributed by atoms with E-state index in [4.69, 9.17) is 4.42 Å². The molecule has 2 amide bonds. The van der Waals surface area contributed by atoms with Crippen molar-refractivity contribution in [3.63, 3.8) is 0 Å². The fourth-order valence-corrected chi connectivity index (χ4v) is 3.59. The third kappa shape index (κ3) is 2.00. The standard InChI is InChI=1S/C17H19N3O2/c1-12-18-9-13(22-12)10-19-16(21)20-11-17(7-4-8-17)14-5-2-3-6-15(14)20/h2-3,5-6,9H,4,7-8,10-11H2,1H3,(H,19,21). The molecule has 5 heteroatoms. The predicted octanol–water partition coefficient (Wildman–Crippen LogP) is 3.13. The second-order valence-electron chi connectivity index (χ2n) is 6.24. The van der Waals surface area contributed by atoms with Gasteiger partial charge in [0.25, 0.3) is 0 Å². The van der Waals surface area contributed by atoms with Crippen molar-refractivity contribution in [1.82, 2.24) is 10.3 Å². The fourth-order valence-electron chi connectivity index (χ4n) is 3.59. The maximum atomic E-state index is 12.6. The molecule has 1 aromatic heterocycles. The highest BCUT2D eigenvalue weighted by atomic mass is 16.4. The zero-order valence-corrected chi connectivity index (χ0v) is 12.6. The Labute approximate surface area is 129 Å². The molecule has 0 unspecified atom stereocenters. The number of fused-ring (bicyclic) bond motifs is 2. The number of amides is 2. The molecule has 0 atom stereocenters. The number of aromatic nitrogens is 1. The highest BCUT2D eigenvalue weighted by molar-refractivity contribution is 5.95. The summed E-state index contributed by atoms with van der Waals surface area (Å²) in [6.45, 7) is 2.95. The van der Waals surface area contributed by atoms with Gasteiger partial charge in [-0.15, -0.1) is 0 Å². The fraction of sp³-hybridized carbons (Fsp3) is 0.412. The van der Waals surface area contributed by atoms with Crippen molar-refractivity contribution in [3.8, 4) is 0 Å². The molecule has 114 valence electrons. The molecule has 5 nitrogen and oxygen atoms in total. The third-order valence-corrected chi connectivity index (χ3v) is 4.87. The largest absolute Gasteiger partial charge is 0.444 e. The number of oxazole rings is 1. The lowest BCUT2D eigenvalue weighted by atomic mass is 9.66. The molecule has 0 bridgehead atoms. The number of rotatable bonds is 2. The van der Waals surface area contributed by atoms with Crippen LogP contribution in [0.1, 0.15) is 36.5 Å². The van der Waals surface area contributed by atoms with Gasteiger partial charge in [0.05, 0.1) is 12.7 Å². The molecule has 22 heavy (non-hydrogen) atoms. The van der Waals surface area contributed by atoms with Crippen LogP contribution in [0.5, 0.6) is 0 Å². The normalized spacial score (nSPS) is 18.1. The van der Waals surface area contributed by atoms with Gasteiger partial charge in [0, 0.05) is 24.6 Å². The van der Waals surface area contributed by atoms with Crippen molar-refractivity contribution >= 4 is 11.7 Å². The van der Waals surface area contributed by atoms with Crippen molar-refractivity contribution in [2.45, 2.75) is 38.1 Å². The summed E-state index contributed by atoms with van der Waals surface area (Å²) in [5, 5.41) is 2.93. The molecule has 1 aliphatic carbocycles. The van der Waals surface area contributed by atoms with E-state index in [-0.39, 0.29) is 11.4 Å². The van der Waals surface area contributed by atoms with E-state index in [1.807, 2.05) is 17.0 Å². The van der Waals surface area contributed by atoms with E-state index in [2.05, 4.69) is 22.4 Å². The van der Waals surface area contributed by atoms with Gasteiger partial charge in [-0.2, -0.15) is 0 Å². The van der Waals surface area contributed by atoms with Gasteiger partial charge >= 0.3 is 6.03 Å². The summed E-state index contributed by atoms with van der Waals surface area (Å²) in [6.07, 6.45) is 5.26. The lowest BCUT2D eigenvalue weighted by Crippen LogP contribution is -2.45. The maximum absolute atomic E-state index is 12.6. The first-order valence-electron chi connectivity index (χ1n) is 7.74. The van der Waals surface area contributed by atoms with Crippen LogP contribution in [0.3, 0.4) is 0 Å². The number of hydrogen-bond donors (Lipinski definition) is 1. The summed E-state index contributed by atoms with van der Waals surface area (Å²) in [5.41, 5.74) is 2.57. The summed E-state index contributed by atoms with van der Waals surface area (Å²) >= 11 is 0. The summed E-state index contributed by atoms with van der Waals surface area (Å²) in [6, 6.07) is 8.21. The Morgan fingerprint density at radius 1 is 1.41 bits per heavy atom. The minimum atomic E-state index is -0.0646. The Morgan fingerprint density at radius 2 is 2.23 bits per heavy atom. The summed E-state index contributed by atoms with van der Waals surface area (Å²) in [4.78, 5) is 18.5. The molecule has 1 fully saturated rings. The number of carbonyl (C=O) groups is 1. The smallest absolute Gasteiger partial charge is 0.322 e. The zero-order chi connectivity index (χ0) is 15.2. The van der Waals surface area contributed by atoms with Crippen molar-refractivity contribution < 1.29 is 9.21 Å². The highest BCUT2D eigenvalue weighted by Gasteiger charge is 2.48. The molecular formula is C17H19N3O2. The van der Waals surface area contributed by atoms with E-state index in [0.717, 1.165) is 12.2 Å². The molecule has 1 aromatic carbocycles. The average Bonchev–Trinajstić information content (AvgIpc) is 3.06. The Kier molecular flexibility index (Phi) is 2.96. The van der Waals surface area contributed by atoms with Gasteiger partial charge in [-0.25, -0.2) is 9.78 Å². The molecule has 0 saturated heterocycles. The zero-order valence-electron chi connectivity index (χ0n) is 12.6. The van der Waals surface area contributed by atoms with Crippen LogP contribution in [-0.4, -0.2) is 17.6 Å². The molecule has 2 aromatic rings. The van der Waals surface area contributed by atoms with Gasteiger partial charge < -0.3 is 9.73 Å². The molecule has 1 spiro atoms. The van der Waals surface area contributed by atoms with Crippen molar-refractivity contribution in [2.75, 3.05) is 11.4 Å². The van der Waals surface area contributed by atoms with E-state index in [1.165, 1.54) is 24.8 Å². The summed E-state index contributed by atoms with van der Waals surface area (Å²) in [5.74, 6) is 1.29. The number of anilines is 1. The predicted molar refractivity (Wildman–Crippen MR) is 82.8 cm³/mol. The van der Waals surface area contributed by atoms with Crippen LogP contribution in [0, 0.1) is 6.92 Å². The first-order chi connectivity index (χ1) is 10.7. The Hall–Kier alpha value is -2.30. The molecule has 4 rings (SSSR count). The monoisotopic (exact) mass is 297 g/mol. The van der Waals surface area contributed by atoms with E-state index < -0.39 is 0 Å². The van der Waals surface area contributed by atoms with E-state index >= 15 is 0 Å². The van der Waals surface area contributed by atoms with Crippen LogP contribution in [0.4, 0.5) is 10.5 Å². The number of nitrogens with one attached hydrogen (secondary N) is 1. The molecular weight excluding hydrogens is 278 g/mol. The lowest BCUT2D eigenvalue weighted by molar-refractivity contribution is 0.235. The van der Waals surface area contributed by atoms with Crippen LogP contribution in [-0.2, 0) is 12.0 Å². The molecule has 0 radical (unpaired) electrons. The van der Waals surface area contributed by atoms with Gasteiger partial charge in [-0.05, 0) is 24.5 Å². The van der Waals surface area contributed by atoms with Crippen LogP contribution in [0.25, 0.3) is 0 Å². The number of benzene rings is 1. The molecule has 1 aliphatic heterocycles. The van der Waals surface area contributed by atoms with Crippen LogP contribution in [0.2, 0.25) is 0 Å². The minimum absolute atomic E-state index is 0.0646. The van der Waals surface area contributed by atoms with Gasteiger partial charge in [0.2, 0.25) is 0 Å². The second kappa shape index (κ2) is 4.87. The highest BCUT2D eigenvalue weighted by Crippen LogP contribution is 2.52. The number of aryl methyl sites for hydroxylation is 1. The molecule has 1 N–H and O–H groups in total. The molecule has 2 aliphatic rings. The van der Waals surface area contributed by atoms with Crippen LogP contribution >= 0.6 is 0 Å². The van der Waals surface area contributed by atoms with E-state index in [1.54, 1.807) is 13.1 Å². The van der Waals surface area contributed by atoms with Crippen LogP contribution in [0.15, 0.2) is 34.9 Å². The molecule has 1 saturated carbocycles. The molecule has 2 heterocycles. The maximum Gasteiger partial charge on any atom is 0.322 e. The van der Waals surface area contributed by atoms with Gasteiger partial charge in [-0.1, -0.05) is 24.6 Å². The van der Waals surface area contributed by atoms with E-state index in [0.29, 0.717) is 18.2 Å². The first-order valence-corrected chi connectivity index (χ1v) is 7.74. The Balaban J connectivity index is 1.52. The Morgan fingerprint density at radius 3 is 2.91 bits per heavy atom. The number of para-hydroxylation sites is 1. The number of carbonyl (C=O) groups excluding carboxylic acids is 1. The van der Waals surface area contributed by atoms with Crippen molar-refractivity contribution in [1.29, 1.82) is 0 Å². The topological polar surface area (TPSA) is 58.4 Å². The minimum Gasteiger partial charge on any atom is -0.444 e. The SMILES string of the molecule is Cc1ncc(CNC(=O)N2CC3(CCC3)c3ccccc32)o1. The van der Waals surface area contributed by atoms with E-state index in [9.17, 15) is 4.79 Å². The first kappa shape index (κ1) is 13.4. The van der Waals surface area contributed by atoms with Gasteiger partial charge in [0.1, 0.15) is 5.76 Å². The Bertz CT molecular complexity index is 718. The number of urea groups is 1. The van der Waals surface area contributed by atoms with Gasteiger partial charge in [-0.3, -0.25) is 4.90 Å². The third-order valence-electron chi connectivity index (χ3n) is 4.87. The quantitative estimate of drug-likeness (QED) is 0.926. The number of nitrogens with zero attached hydrogens (tertiary/aromatic N) is 2. The average molecular weight is 297 g/mol. The van der Waals surface area contributed by atoms with Crippen LogP contribution < -0.4 is 10.2 Å². The van der Waals surface area contributed by atoms with Crippen molar-refractivity contribution in [3.05, 3.63) is 47.7 Å². The second-order valence-corrected chi connectivity index (χ2v) is 6.24. The lowest BCUT2D eigenvalue weighted by Gasteiger charge is -2.38. The van der Waals surface area contributed by atoms with Crippen molar-refractivity contribution in [2.24, 2.45) is 0 Å².